The molecule has 0 radical (unpaired) electrons. The van der Waals surface area contributed by atoms with E-state index in [0.717, 1.165) is 17.0 Å². The topological polar surface area (TPSA) is 54.9 Å². The molecule has 6 heteroatoms. The van der Waals surface area contributed by atoms with Gasteiger partial charge in [0.1, 0.15) is 5.75 Å². The number of nitrogens with zero attached hydrogens (tertiary/aromatic N) is 1. The first-order chi connectivity index (χ1) is 9.67. The summed E-state index contributed by atoms with van der Waals surface area (Å²) in [6, 6.07) is 7.89. The molecule has 0 saturated carbocycles. The molecule has 5 nitrogen and oxygen atoms in total. The lowest BCUT2D eigenvalue weighted by atomic mass is 10.1. The highest BCUT2D eigenvalue weighted by atomic mass is 32.1. The van der Waals surface area contributed by atoms with Gasteiger partial charge in [0.15, 0.2) is 5.11 Å². The van der Waals surface area contributed by atoms with Crippen LogP contribution in [0.2, 0.25) is 0 Å². The van der Waals surface area contributed by atoms with Gasteiger partial charge in [-0.2, -0.15) is 5.10 Å². The molecule has 0 amide bonds. The standard InChI is InChI=1S/C14H21N3O2S/c1-11(16-17-14(20)15-8-9-18-2)10-12-6-4-5-7-13(12)19-3/h4-7H,8-10H2,1-3H3,(H2,15,17,20)/b16-11-. The minimum Gasteiger partial charge on any atom is -0.496 e. The minimum atomic E-state index is 0.487. The van der Waals surface area contributed by atoms with Crippen molar-refractivity contribution in [2.75, 3.05) is 27.4 Å². The number of methoxy groups -OCH3 is 2. The lowest BCUT2D eigenvalue weighted by Crippen LogP contribution is -2.34. The molecule has 0 aromatic heterocycles. The van der Waals surface area contributed by atoms with E-state index in [1.54, 1.807) is 14.2 Å². The zero-order valence-corrected chi connectivity index (χ0v) is 12.9. The lowest BCUT2D eigenvalue weighted by Gasteiger charge is -2.09. The van der Waals surface area contributed by atoms with Crippen molar-refractivity contribution in [3.8, 4) is 5.75 Å². The number of benzene rings is 1. The van der Waals surface area contributed by atoms with Crippen molar-refractivity contribution in [1.29, 1.82) is 0 Å². The first kappa shape index (κ1) is 16.4. The van der Waals surface area contributed by atoms with Gasteiger partial charge in [-0.15, -0.1) is 0 Å². The number of para-hydroxylation sites is 1. The number of ether oxygens (including phenoxy) is 2. The van der Waals surface area contributed by atoms with Gasteiger partial charge in [-0.1, -0.05) is 18.2 Å². The van der Waals surface area contributed by atoms with Gasteiger partial charge in [-0.3, -0.25) is 5.43 Å². The molecule has 0 fully saturated rings. The van der Waals surface area contributed by atoms with Crippen LogP contribution in [0.5, 0.6) is 5.75 Å². The van der Waals surface area contributed by atoms with Crippen LogP contribution >= 0.6 is 12.2 Å². The van der Waals surface area contributed by atoms with Crippen molar-refractivity contribution < 1.29 is 9.47 Å². The molecule has 0 saturated heterocycles. The van der Waals surface area contributed by atoms with Crippen molar-refractivity contribution >= 4 is 23.0 Å². The van der Waals surface area contributed by atoms with Crippen molar-refractivity contribution in [2.45, 2.75) is 13.3 Å². The quantitative estimate of drug-likeness (QED) is 0.347. The normalized spacial score (nSPS) is 11.1. The maximum atomic E-state index is 5.31. The average molecular weight is 295 g/mol. The molecule has 1 aromatic carbocycles. The molecule has 0 aliphatic rings. The Bertz CT molecular complexity index is 463. The largest absolute Gasteiger partial charge is 0.496 e. The van der Waals surface area contributed by atoms with Gasteiger partial charge in [0.2, 0.25) is 0 Å². The van der Waals surface area contributed by atoms with Crippen LogP contribution in [0.4, 0.5) is 0 Å². The highest BCUT2D eigenvalue weighted by Gasteiger charge is 2.03. The Balaban J connectivity index is 2.47. The van der Waals surface area contributed by atoms with Gasteiger partial charge in [-0.25, -0.2) is 0 Å². The number of rotatable bonds is 7. The van der Waals surface area contributed by atoms with Crippen LogP contribution in [-0.2, 0) is 11.2 Å². The maximum absolute atomic E-state index is 5.31. The summed E-state index contributed by atoms with van der Waals surface area (Å²) in [4.78, 5) is 0. The van der Waals surface area contributed by atoms with E-state index in [2.05, 4.69) is 15.8 Å². The molecule has 0 aliphatic carbocycles. The Morgan fingerprint density at radius 2 is 2.05 bits per heavy atom. The number of hydrogen-bond donors (Lipinski definition) is 2. The van der Waals surface area contributed by atoms with E-state index in [0.29, 0.717) is 24.7 Å². The third-order valence-corrected chi connectivity index (χ3v) is 2.81. The third kappa shape index (κ3) is 5.99. The summed E-state index contributed by atoms with van der Waals surface area (Å²) >= 11 is 5.09. The highest BCUT2D eigenvalue weighted by Crippen LogP contribution is 2.17. The second-order valence-corrected chi connectivity index (χ2v) is 4.60. The van der Waals surface area contributed by atoms with Crippen molar-refractivity contribution in [2.24, 2.45) is 5.10 Å². The zero-order valence-electron chi connectivity index (χ0n) is 12.1. The van der Waals surface area contributed by atoms with Crippen LogP contribution in [0.15, 0.2) is 29.4 Å². The molecular formula is C14H21N3O2S. The van der Waals surface area contributed by atoms with Gasteiger partial charge < -0.3 is 14.8 Å². The maximum Gasteiger partial charge on any atom is 0.187 e. The third-order valence-electron chi connectivity index (χ3n) is 2.58. The monoisotopic (exact) mass is 295 g/mol. The Morgan fingerprint density at radius 3 is 2.75 bits per heavy atom. The molecule has 0 bridgehead atoms. The highest BCUT2D eigenvalue weighted by molar-refractivity contribution is 7.80. The molecule has 0 aliphatic heterocycles. The Morgan fingerprint density at radius 1 is 1.30 bits per heavy atom. The van der Waals surface area contributed by atoms with Gasteiger partial charge in [0.25, 0.3) is 0 Å². The average Bonchev–Trinajstić information content (AvgIpc) is 2.46. The molecular weight excluding hydrogens is 274 g/mol. The van der Waals surface area contributed by atoms with Crippen LogP contribution in [0, 0.1) is 0 Å². The zero-order chi connectivity index (χ0) is 14.8. The summed E-state index contributed by atoms with van der Waals surface area (Å²) in [6.07, 6.45) is 0.706. The van der Waals surface area contributed by atoms with Crippen LogP contribution in [0.3, 0.4) is 0 Å². The van der Waals surface area contributed by atoms with Crippen LogP contribution < -0.4 is 15.5 Å². The van der Waals surface area contributed by atoms with Crippen molar-refractivity contribution in [3.63, 3.8) is 0 Å². The number of thiocarbonyl (C=S) groups is 1. The fourth-order valence-electron chi connectivity index (χ4n) is 1.62. The van der Waals surface area contributed by atoms with Crippen molar-refractivity contribution in [1.82, 2.24) is 10.7 Å². The molecule has 110 valence electrons. The smallest absolute Gasteiger partial charge is 0.187 e. The molecule has 20 heavy (non-hydrogen) atoms. The molecule has 0 atom stereocenters. The van der Waals surface area contributed by atoms with E-state index < -0.39 is 0 Å². The van der Waals surface area contributed by atoms with E-state index in [4.69, 9.17) is 21.7 Å². The summed E-state index contributed by atoms with van der Waals surface area (Å²) in [5.74, 6) is 0.864. The first-order valence-corrected chi connectivity index (χ1v) is 6.76. The second kappa shape index (κ2) is 9.28. The van der Waals surface area contributed by atoms with E-state index in [1.807, 2.05) is 31.2 Å². The van der Waals surface area contributed by atoms with Gasteiger partial charge in [-0.05, 0) is 30.8 Å². The van der Waals surface area contributed by atoms with Gasteiger partial charge >= 0.3 is 0 Å². The van der Waals surface area contributed by atoms with E-state index >= 15 is 0 Å². The molecule has 1 aromatic rings. The Labute approximate surface area is 125 Å². The molecule has 2 N–H and O–H groups in total. The fourth-order valence-corrected chi connectivity index (χ4v) is 1.76. The lowest BCUT2D eigenvalue weighted by molar-refractivity contribution is 0.204. The summed E-state index contributed by atoms with van der Waals surface area (Å²) in [6.45, 7) is 3.20. The fraction of sp³-hybridized carbons (Fsp3) is 0.429. The molecule has 0 spiro atoms. The number of nitrogens with one attached hydrogen (secondary N) is 2. The van der Waals surface area contributed by atoms with E-state index in [1.165, 1.54) is 0 Å². The Kier molecular flexibility index (Phi) is 7.60. The molecule has 0 unspecified atom stereocenters. The Hall–Kier alpha value is -1.66. The SMILES string of the molecule is COCCNC(=S)N/N=C(/C)Cc1ccccc1OC. The minimum absolute atomic E-state index is 0.487. The van der Waals surface area contributed by atoms with Gasteiger partial charge in [0.05, 0.1) is 13.7 Å². The summed E-state index contributed by atoms with van der Waals surface area (Å²) in [7, 11) is 3.31. The van der Waals surface area contributed by atoms with Crippen LogP contribution in [-0.4, -0.2) is 38.2 Å². The van der Waals surface area contributed by atoms with Gasteiger partial charge in [0, 0.05) is 25.8 Å². The second-order valence-electron chi connectivity index (χ2n) is 4.20. The summed E-state index contributed by atoms with van der Waals surface area (Å²) in [5, 5.41) is 7.72. The van der Waals surface area contributed by atoms with Crippen LogP contribution in [0.25, 0.3) is 0 Å². The number of hydrogen-bond acceptors (Lipinski definition) is 4. The molecule has 1 rings (SSSR count). The van der Waals surface area contributed by atoms with E-state index in [9.17, 15) is 0 Å². The summed E-state index contributed by atoms with van der Waals surface area (Å²) in [5.41, 5.74) is 4.83. The van der Waals surface area contributed by atoms with Crippen molar-refractivity contribution in [3.05, 3.63) is 29.8 Å². The van der Waals surface area contributed by atoms with E-state index in [-0.39, 0.29) is 0 Å². The predicted octanol–water partition coefficient (Wildman–Crippen LogP) is 1.72. The number of hydrazone groups is 1. The molecule has 0 heterocycles. The van der Waals surface area contributed by atoms with Crippen LogP contribution in [0.1, 0.15) is 12.5 Å². The summed E-state index contributed by atoms with van der Waals surface area (Å²) < 4.78 is 10.2. The first-order valence-electron chi connectivity index (χ1n) is 6.35. The predicted molar refractivity (Wildman–Crippen MR) is 85.4 cm³/mol.